The van der Waals surface area contributed by atoms with Gasteiger partial charge in [-0.3, -0.25) is 0 Å². The van der Waals surface area contributed by atoms with Gasteiger partial charge in [-0.25, -0.2) is 0 Å². The second kappa shape index (κ2) is 8.74. The van der Waals surface area contributed by atoms with Gasteiger partial charge in [0.1, 0.15) is 18.1 Å². The summed E-state index contributed by atoms with van der Waals surface area (Å²) in [5.74, 6) is 0.896. The number of halogens is 1. The highest BCUT2D eigenvalue weighted by molar-refractivity contribution is 6.32. The third-order valence-electron chi connectivity index (χ3n) is 4.93. The van der Waals surface area contributed by atoms with Crippen LogP contribution in [0.4, 0.5) is 0 Å². The van der Waals surface area contributed by atoms with Crippen molar-refractivity contribution in [3.8, 4) is 11.5 Å². The van der Waals surface area contributed by atoms with E-state index in [1.165, 1.54) is 0 Å². The summed E-state index contributed by atoms with van der Waals surface area (Å²) in [4.78, 5) is 3.37. The first-order valence-electron chi connectivity index (χ1n) is 9.61. The van der Waals surface area contributed by atoms with Crippen LogP contribution < -0.4 is 10.1 Å². The second-order valence-corrected chi connectivity index (χ2v) is 7.41. The van der Waals surface area contributed by atoms with E-state index < -0.39 is 6.10 Å². The number of aliphatic hydroxyl groups excluding tert-OH is 1. The number of H-pyrrole nitrogens is 1. The van der Waals surface area contributed by atoms with Crippen LogP contribution in [0.15, 0.2) is 60.7 Å². The number of rotatable bonds is 8. The lowest BCUT2D eigenvalue weighted by Gasteiger charge is -2.14. The molecule has 0 saturated heterocycles. The van der Waals surface area contributed by atoms with E-state index in [0.717, 1.165) is 27.4 Å². The molecule has 0 aliphatic heterocycles. The number of benzene rings is 3. The summed E-state index contributed by atoms with van der Waals surface area (Å²) >= 11 is 6.06. The molecule has 0 fully saturated rings. The Labute approximate surface area is 173 Å². The van der Waals surface area contributed by atoms with Crippen molar-refractivity contribution in [2.24, 2.45) is 0 Å². The number of phenols is 1. The van der Waals surface area contributed by atoms with Crippen LogP contribution in [-0.2, 0) is 6.42 Å². The number of para-hydroxylation sites is 2. The highest BCUT2D eigenvalue weighted by Crippen LogP contribution is 2.34. The number of phenolic OH excluding ortho intramolecular Hbond substituents is 1. The van der Waals surface area contributed by atoms with Gasteiger partial charge in [0.15, 0.2) is 0 Å². The topological polar surface area (TPSA) is 77.5 Å². The molecule has 1 atom stereocenters. The number of hydrogen-bond acceptors (Lipinski definition) is 4. The van der Waals surface area contributed by atoms with Crippen LogP contribution in [0.3, 0.4) is 0 Å². The Bertz CT molecular complexity index is 1130. The minimum atomic E-state index is -0.561. The van der Waals surface area contributed by atoms with Crippen molar-refractivity contribution in [3.05, 3.63) is 71.2 Å². The number of ether oxygens (including phenoxy) is 1. The van der Waals surface area contributed by atoms with Crippen molar-refractivity contribution in [2.75, 3.05) is 19.7 Å². The van der Waals surface area contributed by atoms with Gasteiger partial charge in [0.05, 0.1) is 16.6 Å². The zero-order valence-electron chi connectivity index (χ0n) is 15.9. The predicted molar refractivity (Wildman–Crippen MR) is 117 cm³/mol. The molecule has 29 heavy (non-hydrogen) atoms. The number of aromatic nitrogens is 1. The molecule has 0 saturated carbocycles. The molecule has 0 aliphatic carbocycles. The van der Waals surface area contributed by atoms with Crippen LogP contribution in [0.1, 0.15) is 5.56 Å². The van der Waals surface area contributed by atoms with Crippen LogP contribution in [0.2, 0.25) is 5.02 Å². The van der Waals surface area contributed by atoms with Crippen LogP contribution in [0.5, 0.6) is 11.5 Å². The third kappa shape index (κ3) is 4.32. The minimum Gasteiger partial charge on any atom is -0.507 e. The van der Waals surface area contributed by atoms with Gasteiger partial charge >= 0.3 is 0 Å². The molecule has 0 aliphatic rings. The Morgan fingerprint density at radius 1 is 1.03 bits per heavy atom. The van der Waals surface area contributed by atoms with E-state index in [1.807, 2.05) is 48.5 Å². The number of hydrogen-bond donors (Lipinski definition) is 4. The molecule has 5 nitrogen and oxygen atoms in total. The molecule has 0 amide bonds. The Hall–Kier alpha value is -2.73. The molecular formula is C23H23ClN2O3. The van der Waals surface area contributed by atoms with E-state index in [4.69, 9.17) is 16.3 Å². The monoisotopic (exact) mass is 410 g/mol. The third-order valence-corrected chi connectivity index (χ3v) is 5.25. The average molecular weight is 411 g/mol. The Morgan fingerprint density at radius 2 is 1.83 bits per heavy atom. The van der Waals surface area contributed by atoms with Gasteiger partial charge in [0.25, 0.3) is 0 Å². The van der Waals surface area contributed by atoms with E-state index in [1.54, 1.807) is 12.1 Å². The largest absolute Gasteiger partial charge is 0.507 e. The first-order valence-corrected chi connectivity index (χ1v) is 9.98. The fourth-order valence-corrected chi connectivity index (χ4v) is 3.75. The number of aromatic amines is 1. The van der Waals surface area contributed by atoms with E-state index in [-0.39, 0.29) is 5.75 Å². The summed E-state index contributed by atoms with van der Waals surface area (Å²) in [5, 5.41) is 26.3. The van der Waals surface area contributed by atoms with Crippen molar-refractivity contribution in [1.29, 1.82) is 0 Å². The summed E-state index contributed by atoms with van der Waals surface area (Å²) < 4.78 is 5.63. The van der Waals surface area contributed by atoms with Gasteiger partial charge in [-0.2, -0.15) is 0 Å². The van der Waals surface area contributed by atoms with Gasteiger partial charge in [-0.1, -0.05) is 48.0 Å². The van der Waals surface area contributed by atoms with Crippen LogP contribution in [0, 0.1) is 0 Å². The van der Waals surface area contributed by atoms with E-state index in [2.05, 4.69) is 10.3 Å². The van der Waals surface area contributed by atoms with Crippen molar-refractivity contribution >= 4 is 33.4 Å². The maximum absolute atomic E-state index is 10.5. The number of nitrogens with one attached hydrogen (secondary N) is 2. The normalized spacial score (nSPS) is 12.5. The molecule has 4 rings (SSSR count). The molecule has 150 valence electrons. The molecule has 1 unspecified atom stereocenters. The Morgan fingerprint density at radius 3 is 2.69 bits per heavy atom. The first-order chi connectivity index (χ1) is 14.1. The fourth-order valence-electron chi connectivity index (χ4n) is 3.55. The molecule has 0 bridgehead atoms. The zero-order chi connectivity index (χ0) is 20.2. The van der Waals surface area contributed by atoms with Gasteiger partial charge in [0.2, 0.25) is 0 Å². The van der Waals surface area contributed by atoms with Crippen molar-refractivity contribution in [1.82, 2.24) is 10.3 Å². The van der Waals surface area contributed by atoms with Crippen LogP contribution in [-0.4, -0.2) is 41.0 Å². The van der Waals surface area contributed by atoms with Gasteiger partial charge < -0.3 is 25.3 Å². The summed E-state index contributed by atoms with van der Waals surface area (Å²) in [6, 6.07) is 18.8. The van der Waals surface area contributed by atoms with Gasteiger partial charge in [-0.05, 0) is 29.8 Å². The molecule has 4 N–H and O–H groups in total. The van der Waals surface area contributed by atoms with Gasteiger partial charge in [-0.15, -0.1) is 0 Å². The first kappa shape index (κ1) is 19.6. The molecule has 0 spiro atoms. The molecule has 1 aromatic heterocycles. The molecule has 3 aromatic carbocycles. The lowest BCUT2D eigenvalue weighted by Crippen LogP contribution is -2.31. The molecule has 4 aromatic rings. The quantitative estimate of drug-likeness (QED) is 0.327. The summed E-state index contributed by atoms with van der Waals surface area (Å²) in [7, 11) is 0. The number of aromatic hydroxyl groups is 1. The van der Waals surface area contributed by atoms with E-state index >= 15 is 0 Å². The molecular weight excluding hydrogens is 388 g/mol. The Balaban J connectivity index is 1.35. The van der Waals surface area contributed by atoms with E-state index in [0.29, 0.717) is 36.9 Å². The molecule has 6 heteroatoms. The number of aliphatic hydroxyl groups is 1. The maximum atomic E-state index is 10.5. The molecule has 1 heterocycles. The predicted octanol–water partition coefficient (Wildman–Crippen LogP) is 4.25. The minimum absolute atomic E-state index is 0.241. The van der Waals surface area contributed by atoms with Crippen molar-refractivity contribution < 1.29 is 14.9 Å². The maximum Gasteiger partial charge on any atom is 0.137 e. The zero-order valence-corrected chi connectivity index (χ0v) is 16.6. The summed E-state index contributed by atoms with van der Waals surface area (Å²) in [6.45, 7) is 1.50. The van der Waals surface area contributed by atoms with Crippen LogP contribution >= 0.6 is 11.6 Å². The highest BCUT2D eigenvalue weighted by atomic mass is 35.5. The Kier molecular flexibility index (Phi) is 5.90. The standard InChI is InChI=1S/C23H23ClN2O3/c24-18-6-2-4-8-21(18)29-12-11-25-14-16(27)13-15-9-10-20(28)22-17-5-1-3-7-19(17)26-23(15)22/h1-10,16,25-28H,11-14H2. The molecule has 0 radical (unpaired) electrons. The van der Waals surface area contributed by atoms with Crippen molar-refractivity contribution in [2.45, 2.75) is 12.5 Å². The van der Waals surface area contributed by atoms with Crippen LogP contribution in [0.25, 0.3) is 21.8 Å². The van der Waals surface area contributed by atoms with Crippen molar-refractivity contribution in [3.63, 3.8) is 0 Å². The lowest BCUT2D eigenvalue weighted by atomic mass is 10.0. The highest BCUT2D eigenvalue weighted by Gasteiger charge is 2.14. The number of fused-ring (bicyclic) bond motifs is 3. The fraction of sp³-hybridized carbons (Fsp3) is 0.217. The second-order valence-electron chi connectivity index (χ2n) is 7.01. The summed E-state index contributed by atoms with van der Waals surface area (Å²) in [5.41, 5.74) is 2.80. The van der Waals surface area contributed by atoms with E-state index in [9.17, 15) is 10.2 Å². The average Bonchev–Trinajstić information content (AvgIpc) is 3.12. The lowest BCUT2D eigenvalue weighted by molar-refractivity contribution is 0.169. The smallest absolute Gasteiger partial charge is 0.137 e. The SMILES string of the molecule is Oc1ccc(CC(O)CNCCOc2ccccc2Cl)c2[nH]c3ccccc3c12. The summed E-state index contributed by atoms with van der Waals surface area (Å²) in [6.07, 6.45) is -0.0865. The van der Waals surface area contributed by atoms with Gasteiger partial charge in [0, 0.05) is 35.8 Å².